The summed E-state index contributed by atoms with van der Waals surface area (Å²) in [7, 11) is 0. The maximum atomic E-state index is 12.6. The SMILES string of the molecule is CC(=O)NCc1cc([C@@H]2CCCN2C(=O)Cn2cccn2)ccn1. The number of rotatable bonds is 5. The van der Waals surface area contributed by atoms with Gasteiger partial charge in [0.05, 0.1) is 18.3 Å². The Kier molecular flexibility index (Phi) is 4.88. The Hall–Kier alpha value is -2.70. The van der Waals surface area contributed by atoms with E-state index in [9.17, 15) is 9.59 Å². The van der Waals surface area contributed by atoms with E-state index in [0.717, 1.165) is 30.6 Å². The third-order valence-electron chi connectivity index (χ3n) is 4.17. The van der Waals surface area contributed by atoms with Crippen LogP contribution in [0.4, 0.5) is 0 Å². The molecule has 1 saturated heterocycles. The van der Waals surface area contributed by atoms with Crippen molar-refractivity contribution in [3.8, 4) is 0 Å². The van der Waals surface area contributed by atoms with Crippen LogP contribution in [0.25, 0.3) is 0 Å². The van der Waals surface area contributed by atoms with Crippen molar-refractivity contribution < 1.29 is 9.59 Å². The van der Waals surface area contributed by atoms with E-state index >= 15 is 0 Å². The topological polar surface area (TPSA) is 80.1 Å². The third kappa shape index (κ3) is 3.79. The third-order valence-corrected chi connectivity index (χ3v) is 4.17. The van der Waals surface area contributed by atoms with Crippen molar-refractivity contribution in [2.24, 2.45) is 0 Å². The first kappa shape index (κ1) is 16.2. The van der Waals surface area contributed by atoms with Crippen molar-refractivity contribution >= 4 is 11.8 Å². The van der Waals surface area contributed by atoms with Gasteiger partial charge in [-0.15, -0.1) is 0 Å². The molecule has 1 atom stereocenters. The number of nitrogens with zero attached hydrogens (tertiary/aromatic N) is 4. The Labute approximate surface area is 140 Å². The van der Waals surface area contributed by atoms with Gasteiger partial charge in [-0.1, -0.05) is 0 Å². The molecule has 1 fully saturated rings. The minimum Gasteiger partial charge on any atom is -0.351 e. The summed E-state index contributed by atoms with van der Waals surface area (Å²) in [5.74, 6) is -0.0134. The molecule has 0 saturated carbocycles. The largest absolute Gasteiger partial charge is 0.351 e. The van der Waals surface area contributed by atoms with E-state index in [1.54, 1.807) is 23.3 Å². The van der Waals surface area contributed by atoms with E-state index in [2.05, 4.69) is 15.4 Å². The molecular formula is C17H21N5O2. The lowest BCUT2D eigenvalue weighted by Crippen LogP contribution is -2.33. The molecule has 0 bridgehead atoms. The summed E-state index contributed by atoms with van der Waals surface area (Å²) in [6.07, 6.45) is 7.13. The fourth-order valence-electron chi connectivity index (χ4n) is 3.05. The molecular weight excluding hydrogens is 306 g/mol. The average molecular weight is 327 g/mol. The molecule has 1 N–H and O–H groups in total. The number of hydrogen-bond donors (Lipinski definition) is 1. The summed E-state index contributed by atoms with van der Waals surface area (Å²) in [5, 5.41) is 6.85. The van der Waals surface area contributed by atoms with Gasteiger partial charge in [-0.05, 0) is 36.6 Å². The number of carbonyl (C=O) groups excluding carboxylic acids is 2. The van der Waals surface area contributed by atoms with Crippen molar-refractivity contribution in [3.05, 3.63) is 48.0 Å². The highest BCUT2D eigenvalue weighted by molar-refractivity contribution is 5.76. The van der Waals surface area contributed by atoms with Gasteiger partial charge in [-0.25, -0.2) is 0 Å². The second-order valence-corrected chi connectivity index (χ2v) is 5.94. The Morgan fingerprint density at radius 3 is 3.00 bits per heavy atom. The number of nitrogens with one attached hydrogen (secondary N) is 1. The number of pyridine rings is 1. The number of hydrogen-bond acceptors (Lipinski definition) is 4. The van der Waals surface area contributed by atoms with Gasteiger partial charge in [0.2, 0.25) is 11.8 Å². The molecule has 0 radical (unpaired) electrons. The Balaban J connectivity index is 1.71. The van der Waals surface area contributed by atoms with Crippen molar-refractivity contribution in [1.82, 2.24) is 25.0 Å². The summed E-state index contributed by atoms with van der Waals surface area (Å²) in [5.41, 5.74) is 1.87. The van der Waals surface area contributed by atoms with Crippen LogP contribution in [0.3, 0.4) is 0 Å². The molecule has 2 aromatic rings. The zero-order valence-electron chi connectivity index (χ0n) is 13.7. The second kappa shape index (κ2) is 7.25. The molecule has 3 heterocycles. The monoisotopic (exact) mass is 327 g/mol. The van der Waals surface area contributed by atoms with E-state index in [1.165, 1.54) is 6.92 Å². The van der Waals surface area contributed by atoms with Gasteiger partial charge in [0.15, 0.2) is 0 Å². The van der Waals surface area contributed by atoms with Gasteiger partial charge < -0.3 is 10.2 Å². The molecule has 0 aromatic carbocycles. The highest BCUT2D eigenvalue weighted by Crippen LogP contribution is 2.32. The molecule has 1 aliphatic heterocycles. The van der Waals surface area contributed by atoms with Crippen LogP contribution in [0.15, 0.2) is 36.8 Å². The van der Waals surface area contributed by atoms with Crippen molar-refractivity contribution in [2.75, 3.05) is 6.54 Å². The Morgan fingerprint density at radius 2 is 2.25 bits per heavy atom. The zero-order valence-corrected chi connectivity index (χ0v) is 13.7. The van der Waals surface area contributed by atoms with E-state index in [-0.39, 0.29) is 24.4 Å². The van der Waals surface area contributed by atoms with Crippen molar-refractivity contribution in [3.63, 3.8) is 0 Å². The maximum absolute atomic E-state index is 12.6. The molecule has 7 nitrogen and oxygen atoms in total. The molecule has 1 aliphatic rings. The normalized spacial score (nSPS) is 17.0. The summed E-state index contributed by atoms with van der Waals surface area (Å²) < 4.78 is 1.65. The lowest BCUT2D eigenvalue weighted by Gasteiger charge is -2.25. The molecule has 0 spiro atoms. The van der Waals surface area contributed by atoms with Crippen LogP contribution in [-0.2, 0) is 22.7 Å². The van der Waals surface area contributed by atoms with Crippen LogP contribution >= 0.6 is 0 Å². The number of amides is 2. The predicted molar refractivity (Wildman–Crippen MR) is 87.7 cm³/mol. The molecule has 24 heavy (non-hydrogen) atoms. The minimum absolute atomic E-state index is 0.0622. The highest BCUT2D eigenvalue weighted by atomic mass is 16.2. The molecule has 7 heteroatoms. The quantitative estimate of drug-likeness (QED) is 0.897. The lowest BCUT2D eigenvalue weighted by atomic mass is 10.0. The van der Waals surface area contributed by atoms with Gasteiger partial charge >= 0.3 is 0 Å². The smallest absolute Gasteiger partial charge is 0.244 e. The van der Waals surface area contributed by atoms with Crippen LogP contribution < -0.4 is 5.32 Å². The molecule has 2 aromatic heterocycles. The maximum Gasteiger partial charge on any atom is 0.244 e. The molecule has 126 valence electrons. The van der Waals surface area contributed by atoms with Crippen LogP contribution in [-0.4, -0.2) is 38.0 Å². The summed E-state index contributed by atoms with van der Waals surface area (Å²) in [4.78, 5) is 29.8. The molecule has 3 rings (SSSR count). The van der Waals surface area contributed by atoms with Crippen LogP contribution in [0.5, 0.6) is 0 Å². The average Bonchev–Trinajstić information content (AvgIpc) is 3.24. The molecule has 2 amide bonds. The van der Waals surface area contributed by atoms with Gasteiger partial charge in [-0.3, -0.25) is 19.3 Å². The fourth-order valence-corrected chi connectivity index (χ4v) is 3.05. The van der Waals surface area contributed by atoms with Gasteiger partial charge in [0, 0.05) is 32.1 Å². The van der Waals surface area contributed by atoms with Crippen LogP contribution in [0.1, 0.15) is 37.1 Å². The molecule has 0 unspecified atom stereocenters. The van der Waals surface area contributed by atoms with E-state index in [4.69, 9.17) is 0 Å². The second-order valence-electron chi connectivity index (χ2n) is 5.94. The number of carbonyl (C=O) groups is 2. The standard InChI is InChI=1S/C17H21N5O2/c1-13(23)19-11-15-10-14(5-7-18-15)16-4-2-9-22(16)17(24)12-21-8-3-6-20-21/h3,5-8,10,16H,2,4,9,11-12H2,1H3,(H,19,23)/t16-/m0/s1. The summed E-state index contributed by atoms with van der Waals surface area (Å²) in [6, 6.07) is 5.79. The minimum atomic E-state index is -0.0842. The van der Waals surface area contributed by atoms with Crippen molar-refractivity contribution in [1.29, 1.82) is 0 Å². The van der Waals surface area contributed by atoms with Gasteiger partial charge in [0.1, 0.15) is 6.54 Å². The first-order chi connectivity index (χ1) is 11.6. The predicted octanol–water partition coefficient (Wildman–Crippen LogP) is 1.28. The number of aromatic nitrogens is 3. The summed E-state index contributed by atoms with van der Waals surface area (Å²) in [6.45, 7) is 2.90. The first-order valence-corrected chi connectivity index (χ1v) is 8.09. The van der Waals surface area contributed by atoms with Crippen LogP contribution in [0, 0.1) is 0 Å². The van der Waals surface area contributed by atoms with Crippen LogP contribution in [0.2, 0.25) is 0 Å². The fraction of sp³-hybridized carbons (Fsp3) is 0.412. The van der Waals surface area contributed by atoms with Crippen molar-refractivity contribution in [2.45, 2.75) is 38.9 Å². The zero-order chi connectivity index (χ0) is 16.9. The van der Waals surface area contributed by atoms with E-state index in [1.807, 2.05) is 23.1 Å². The van der Waals surface area contributed by atoms with E-state index in [0.29, 0.717) is 6.54 Å². The molecule has 0 aliphatic carbocycles. The summed E-state index contributed by atoms with van der Waals surface area (Å²) >= 11 is 0. The Morgan fingerprint density at radius 1 is 1.38 bits per heavy atom. The first-order valence-electron chi connectivity index (χ1n) is 8.09. The van der Waals surface area contributed by atoms with Gasteiger partial charge in [-0.2, -0.15) is 5.10 Å². The number of likely N-dealkylation sites (tertiary alicyclic amines) is 1. The highest BCUT2D eigenvalue weighted by Gasteiger charge is 2.30. The Bertz CT molecular complexity index is 714. The van der Waals surface area contributed by atoms with E-state index < -0.39 is 0 Å². The van der Waals surface area contributed by atoms with Gasteiger partial charge in [0.25, 0.3) is 0 Å². The lowest BCUT2D eigenvalue weighted by molar-refractivity contribution is -0.133.